The number of rotatable bonds is 4. The summed E-state index contributed by atoms with van der Waals surface area (Å²) in [6.45, 7) is 0.367. The van der Waals surface area contributed by atoms with Crippen molar-refractivity contribution in [3.05, 3.63) is 0 Å². The molecule has 0 bridgehead atoms. The van der Waals surface area contributed by atoms with Crippen molar-refractivity contribution in [2.75, 3.05) is 6.54 Å². The highest BCUT2D eigenvalue weighted by Gasteiger charge is 2.43. The Bertz CT molecular complexity index is 373. The lowest BCUT2D eigenvalue weighted by atomic mass is 9.79. The van der Waals surface area contributed by atoms with Crippen LogP contribution < -0.4 is 11.1 Å². The molecule has 0 aliphatic heterocycles. The van der Waals surface area contributed by atoms with Gasteiger partial charge in [-0.15, -0.1) is 12.4 Å². The molecular weight excluding hydrogens is 329 g/mol. The molecule has 2 aliphatic carbocycles. The molecule has 0 radical (unpaired) electrons. The summed E-state index contributed by atoms with van der Waals surface area (Å²) in [6, 6.07) is -0.0842. The van der Waals surface area contributed by atoms with E-state index in [1.54, 1.807) is 0 Å². The maximum Gasteiger partial charge on any atom is 0.391 e. The molecule has 0 saturated heterocycles. The fourth-order valence-electron chi connectivity index (χ4n) is 3.93. The summed E-state index contributed by atoms with van der Waals surface area (Å²) in [6.07, 6.45) is 2.54. The van der Waals surface area contributed by atoms with Gasteiger partial charge in [0.05, 0.1) is 5.92 Å². The van der Waals surface area contributed by atoms with Gasteiger partial charge in [-0.3, -0.25) is 4.79 Å². The molecule has 3 N–H and O–H groups in total. The molecule has 1 amide bonds. The van der Waals surface area contributed by atoms with Crippen LogP contribution in [0.3, 0.4) is 0 Å². The van der Waals surface area contributed by atoms with Crippen molar-refractivity contribution in [3.63, 3.8) is 0 Å². The van der Waals surface area contributed by atoms with Crippen LogP contribution in [-0.2, 0) is 4.79 Å². The quantitative estimate of drug-likeness (QED) is 0.805. The van der Waals surface area contributed by atoms with Gasteiger partial charge in [-0.05, 0) is 38.0 Å². The maximum absolute atomic E-state index is 12.8. The lowest BCUT2D eigenvalue weighted by molar-refractivity contribution is -0.186. The van der Waals surface area contributed by atoms with Crippen molar-refractivity contribution in [2.24, 2.45) is 23.5 Å². The third kappa shape index (κ3) is 5.82. The minimum Gasteiger partial charge on any atom is -0.352 e. The summed E-state index contributed by atoms with van der Waals surface area (Å²) in [4.78, 5) is 12.3. The van der Waals surface area contributed by atoms with E-state index in [2.05, 4.69) is 5.32 Å². The maximum atomic E-state index is 12.8. The predicted octanol–water partition coefficient (Wildman–Crippen LogP) is 3.80. The van der Waals surface area contributed by atoms with E-state index in [0.717, 1.165) is 25.7 Å². The summed E-state index contributed by atoms with van der Waals surface area (Å²) >= 11 is 0. The zero-order chi connectivity index (χ0) is 16.2. The molecule has 0 aromatic carbocycles. The molecule has 2 rings (SSSR count). The average molecular weight is 357 g/mol. The van der Waals surface area contributed by atoms with Crippen molar-refractivity contribution < 1.29 is 18.0 Å². The monoisotopic (exact) mass is 356 g/mol. The van der Waals surface area contributed by atoms with Crippen molar-refractivity contribution in [1.29, 1.82) is 0 Å². The smallest absolute Gasteiger partial charge is 0.352 e. The van der Waals surface area contributed by atoms with Crippen LogP contribution in [0.4, 0.5) is 13.2 Å². The van der Waals surface area contributed by atoms with Crippen molar-refractivity contribution in [1.82, 2.24) is 5.32 Å². The van der Waals surface area contributed by atoms with Gasteiger partial charge < -0.3 is 11.1 Å². The minimum absolute atomic E-state index is 0. The minimum atomic E-state index is -4.18. The van der Waals surface area contributed by atoms with Crippen LogP contribution in [0.2, 0.25) is 0 Å². The lowest BCUT2D eigenvalue weighted by Crippen LogP contribution is -2.49. The summed E-state index contributed by atoms with van der Waals surface area (Å²) in [5.41, 5.74) is 5.78. The first kappa shape index (κ1) is 20.6. The van der Waals surface area contributed by atoms with E-state index < -0.39 is 18.0 Å². The zero-order valence-electron chi connectivity index (χ0n) is 13.4. The van der Waals surface area contributed by atoms with Gasteiger partial charge in [0.2, 0.25) is 5.91 Å². The first-order chi connectivity index (χ1) is 10.4. The molecule has 136 valence electrons. The van der Waals surface area contributed by atoms with Gasteiger partial charge >= 0.3 is 6.18 Å². The molecule has 3 nitrogen and oxygen atoms in total. The standard InChI is InChI=1S/C16H27F3N2O.ClH/c17-16(18,19)13-8-4-7-12(9-13)15(22)21-14(10-20)11-5-2-1-3-6-11;/h11-14H,1-10,20H2,(H,21,22);1H. The number of hydrogen-bond donors (Lipinski definition) is 2. The molecule has 7 heteroatoms. The molecule has 0 spiro atoms. The number of carbonyl (C=O) groups excluding carboxylic acids is 1. The van der Waals surface area contributed by atoms with Crippen LogP contribution in [0, 0.1) is 17.8 Å². The highest BCUT2D eigenvalue weighted by Crippen LogP contribution is 2.40. The number of hydrogen-bond acceptors (Lipinski definition) is 2. The fraction of sp³-hybridized carbons (Fsp3) is 0.938. The van der Waals surface area contributed by atoms with Crippen LogP contribution in [0.1, 0.15) is 57.8 Å². The normalized spacial score (nSPS) is 27.8. The molecule has 0 aromatic rings. The molecule has 0 heterocycles. The fourth-order valence-corrected chi connectivity index (χ4v) is 3.93. The second-order valence-corrected chi connectivity index (χ2v) is 6.85. The number of halogens is 4. The Morgan fingerprint density at radius 3 is 2.30 bits per heavy atom. The number of alkyl halides is 3. The lowest BCUT2D eigenvalue weighted by Gasteiger charge is -2.34. The van der Waals surface area contributed by atoms with Gasteiger partial charge in [0.15, 0.2) is 0 Å². The SMILES string of the molecule is Cl.NCC(NC(=O)C1CCCC(C(F)(F)F)C1)C1CCCCC1. The van der Waals surface area contributed by atoms with Crippen molar-refractivity contribution >= 4 is 18.3 Å². The van der Waals surface area contributed by atoms with E-state index in [9.17, 15) is 18.0 Å². The van der Waals surface area contributed by atoms with Crippen molar-refractivity contribution in [2.45, 2.75) is 70.0 Å². The largest absolute Gasteiger partial charge is 0.391 e. The topological polar surface area (TPSA) is 55.1 Å². The van der Waals surface area contributed by atoms with Gasteiger partial charge in [-0.1, -0.05) is 25.7 Å². The number of nitrogens with two attached hydrogens (primary N) is 1. The highest BCUT2D eigenvalue weighted by molar-refractivity contribution is 5.85. The Hall–Kier alpha value is -0.490. The molecule has 3 atom stereocenters. The number of amides is 1. The molecular formula is C16H28ClF3N2O. The summed E-state index contributed by atoms with van der Waals surface area (Å²) in [5.74, 6) is -1.69. The first-order valence-corrected chi connectivity index (χ1v) is 8.49. The van der Waals surface area contributed by atoms with Crippen LogP contribution in [0.15, 0.2) is 0 Å². The molecule has 2 saturated carbocycles. The first-order valence-electron chi connectivity index (χ1n) is 8.49. The van der Waals surface area contributed by atoms with Crippen LogP contribution in [0.25, 0.3) is 0 Å². The predicted molar refractivity (Wildman–Crippen MR) is 86.3 cm³/mol. The molecule has 0 aromatic heterocycles. The van der Waals surface area contributed by atoms with Gasteiger partial charge in [0.25, 0.3) is 0 Å². The van der Waals surface area contributed by atoms with Crippen LogP contribution >= 0.6 is 12.4 Å². The second kappa shape index (κ2) is 9.11. The van der Waals surface area contributed by atoms with E-state index in [0.29, 0.717) is 25.3 Å². The Morgan fingerprint density at radius 2 is 1.74 bits per heavy atom. The van der Waals surface area contributed by atoms with Crippen LogP contribution in [-0.4, -0.2) is 24.7 Å². The third-order valence-electron chi connectivity index (χ3n) is 5.31. The zero-order valence-corrected chi connectivity index (χ0v) is 14.2. The van der Waals surface area contributed by atoms with Gasteiger partial charge in [-0.2, -0.15) is 13.2 Å². The molecule has 2 fully saturated rings. The summed E-state index contributed by atoms with van der Waals surface area (Å²) < 4.78 is 38.5. The van der Waals surface area contributed by atoms with E-state index in [4.69, 9.17) is 5.73 Å². The Kier molecular flexibility index (Phi) is 8.14. The molecule has 2 aliphatic rings. The Labute approximate surface area is 142 Å². The van der Waals surface area contributed by atoms with E-state index in [1.807, 2.05) is 0 Å². The molecule has 3 unspecified atom stereocenters. The summed E-state index contributed by atoms with van der Waals surface area (Å²) in [5, 5.41) is 2.95. The Morgan fingerprint density at radius 1 is 1.09 bits per heavy atom. The van der Waals surface area contributed by atoms with Gasteiger partial charge in [0.1, 0.15) is 0 Å². The van der Waals surface area contributed by atoms with E-state index in [1.165, 1.54) is 6.42 Å². The van der Waals surface area contributed by atoms with E-state index in [-0.39, 0.29) is 37.2 Å². The van der Waals surface area contributed by atoms with Crippen LogP contribution in [0.5, 0.6) is 0 Å². The summed E-state index contributed by atoms with van der Waals surface area (Å²) in [7, 11) is 0. The third-order valence-corrected chi connectivity index (χ3v) is 5.31. The highest BCUT2D eigenvalue weighted by atomic mass is 35.5. The van der Waals surface area contributed by atoms with E-state index >= 15 is 0 Å². The number of nitrogens with one attached hydrogen (secondary N) is 1. The average Bonchev–Trinajstić information content (AvgIpc) is 2.52. The van der Waals surface area contributed by atoms with Crippen molar-refractivity contribution in [3.8, 4) is 0 Å². The number of carbonyl (C=O) groups is 1. The Balaban J connectivity index is 0.00000264. The van der Waals surface area contributed by atoms with Gasteiger partial charge in [-0.25, -0.2) is 0 Å². The second-order valence-electron chi connectivity index (χ2n) is 6.85. The molecule has 23 heavy (non-hydrogen) atoms. The van der Waals surface area contributed by atoms with Gasteiger partial charge in [0, 0.05) is 18.5 Å².